The SMILES string of the molecule is COc1cc(C)[nH]c(=O)c1CNC(=O)c1cc2c(-c3cccnc3N(C)C)ccn2c(C(C)N2CCN(C(F)C(F)F)CC2)c1C. The fourth-order valence-electron chi connectivity index (χ4n) is 6.31. The molecule has 4 aromatic heterocycles. The van der Waals surface area contributed by atoms with Crippen LogP contribution < -0.4 is 20.5 Å². The molecule has 2 unspecified atom stereocenters. The predicted molar refractivity (Wildman–Crippen MR) is 172 cm³/mol. The number of carbonyl (C=O) groups is 1. The molecule has 10 nitrogen and oxygen atoms in total. The number of halogens is 3. The number of rotatable bonds is 10. The molecule has 2 atom stereocenters. The number of aryl methyl sites for hydroxylation is 1. The van der Waals surface area contributed by atoms with E-state index in [2.05, 4.69) is 24.6 Å². The van der Waals surface area contributed by atoms with Gasteiger partial charge in [-0.25, -0.2) is 18.2 Å². The molecule has 0 radical (unpaired) electrons. The number of aromatic nitrogens is 3. The van der Waals surface area contributed by atoms with Gasteiger partial charge in [-0.3, -0.25) is 19.4 Å². The van der Waals surface area contributed by atoms with E-state index in [1.165, 1.54) is 12.0 Å². The fourth-order valence-corrected chi connectivity index (χ4v) is 6.31. The summed E-state index contributed by atoms with van der Waals surface area (Å²) in [7, 11) is 5.30. The van der Waals surface area contributed by atoms with Crippen molar-refractivity contribution < 1.29 is 22.7 Å². The lowest BCUT2D eigenvalue weighted by atomic mass is 9.98. The molecule has 0 spiro atoms. The van der Waals surface area contributed by atoms with Gasteiger partial charge < -0.3 is 24.3 Å². The van der Waals surface area contributed by atoms with Gasteiger partial charge in [0.25, 0.3) is 17.9 Å². The third-order valence-corrected chi connectivity index (χ3v) is 8.72. The van der Waals surface area contributed by atoms with Crippen molar-refractivity contribution in [1.82, 2.24) is 29.5 Å². The van der Waals surface area contributed by atoms with E-state index in [4.69, 9.17) is 4.74 Å². The van der Waals surface area contributed by atoms with Crippen molar-refractivity contribution >= 4 is 17.2 Å². The molecule has 5 rings (SSSR count). The zero-order valence-electron chi connectivity index (χ0n) is 26.9. The van der Waals surface area contributed by atoms with Crippen molar-refractivity contribution in [3.63, 3.8) is 0 Å². The Hall–Kier alpha value is -4.36. The van der Waals surface area contributed by atoms with E-state index >= 15 is 0 Å². The maximum Gasteiger partial charge on any atom is 0.282 e. The highest BCUT2D eigenvalue weighted by Gasteiger charge is 2.33. The normalized spacial score (nSPS) is 15.7. The second-order valence-corrected chi connectivity index (χ2v) is 11.8. The molecule has 5 heterocycles. The molecule has 1 saturated heterocycles. The summed E-state index contributed by atoms with van der Waals surface area (Å²) < 4.78 is 47.6. The number of piperazine rings is 1. The lowest BCUT2D eigenvalue weighted by Gasteiger charge is -2.39. The summed E-state index contributed by atoms with van der Waals surface area (Å²) in [6.07, 6.45) is -1.67. The molecule has 0 bridgehead atoms. The number of ether oxygens (including phenoxy) is 1. The molecule has 246 valence electrons. The van der Waals surface area contributed by atoms with Gasteiger partial charge in [-0.05, 0) is 56.7 Å². The highest BCUT2D eigenvalue weighted by atomic mass is 19.3. The summed E-state index contributed by atoms with van der Waals surface area (Å²) in [4.78, 5) is 39.2. The summed E-state index contributed by atoms with van der Waals surface area (Å²) in [5, 5.41) is 2.91. The number of alkyl halides is 3. The lowest BCUT2D eigenvalue weighted by Crippen LogP contribution is -2.51. The smallest absolute Gasteiger partial charge is 0.282 e. The molecule has 46 heavy (non-hydrogen) atoms. The average molecular weight is 640 g/mol. The molecule has 4 aromatic rings. The average Bonchev–Trinajstić information content (AvgIpc) is 3.46. The Morgan fingerprint density at radius 1 is 1.09 bits per heavy atom. The Morgan fingerprint density at radius 2 is 1.78 bits per heavy atom. The molecule has 1 amide bonds. The Bertz CT molecular complexity index is 1780. The van der Waals surface area contributed by atoms with Gasteiger partial charge in [-0.15, -0.1) is 0 Å². The molecule has 1 aliphatic rings. The molecule has 1 fully saturated rings. The zero-order valence-corrected chi connectivity index (χ0v) is 26.9. The van der Waals surface area contributed by atoms with Gasteiger partial charge in [0.05, 0.1) is 24.7 Å². The highest BCUT2D eigenvalue weighted by molar-refractivity contribution is 5.99. The van der Waals surface area contributed by atoms with Crippen LogP contribution in [0.15, 0.2) is 47.5 Å². The fraction of sp³-hybridized carbons (Fsp3) is 0.424. The summed E-state index contributed by atoms with van der Waals surface area (Å²) in [5.74, 6) is 0.772. The van der Waals surface area contributed by atoms with E-state index in [9.17, 15) is 22.8 Å². The van der Waals surface area contributed by atoms with Crippen molar-refractivity contribution in [3.05, 3.63) is 81.2 Å². The Balaban J connectivity index is 1.57. The minimum atomic E-state index is -3.06. The van der Waals surface area contributed by atoms with Gasteiger partial charge in [0.2, 0.25) is 6.30 Å². The zero-order chi connectivity index (χ0) is 33.3. The predicted octanol–water partition coefficient (Wildman–Crippen LogP) is 4.55. The number of amides is 1. The first-order valence-corrected chi connectivity index (χ1v) is 15.2. The number of nitrogens with zero attached hydrogens (tertiary/aromatic N) is 5. The van der Waals surface area contributed by atoms with Gasteiger partial charge in [0, 0.05) is 86.8 Å². The maximum atomic E-state index is 14.1. The van der Waals surface area contributed by atoms with E-state index in [1.54, 1.807) is 19.2 Å². The van der Waals surface area contributed by atoms with Crippen LogP contribution in [-0.4, -0.2) is 90.2 Å². The molecule has 0 aliphatic carbocycles. The largest absolute Gasteiger partial charge is 0.496 e. The third-order valence-electron chi connectivity index (χ3n) is 8.72. The third kappa shape index (κ3) is 6.34. The number of nitrogens with one attached hydrogen (secondary N) is 2. The van der Waals surface area contributed by atoms with Crippen LogP contribution in [-0.2, 0) is 6.54 Å². The number of pyridine rings is 3. The van der Waals surface area contributed by atoms with Crippen molar-refractivity contribution in [1.29, 1.82) is 0 Å². The standard InChI is InChI=1S/C33H40F3N7O3/c1-19-16-27(46-6)25(33(45)39-19)18-38-32(44)24-17-26-22(23-8-7-10-37-31(23)40(4)5)9-11-43(26)28(20(24)2)21(3)41-12-14-42(15-13-41)30(36)29(34)35/h7-11,16-17,21,29-30H,12-15,18H2,1-6H3,(H,38,44)(H,39,45). The maximum absolute atomic E-state index is 14.1. The molecule has 1 aliphatic heterocycles. The number of hydrogen-bond donors (Lipinski definition) is 2. The van der Waals surface area contributed by atoms with Crippen LogP contribution in [0.1, 0.15) is 45.8 Å². The molecule has 13 heteroatoms. The number of carbonyl (C=O) groups excluding carboxylic acids is 1. The van der Waals surface area contributed by atoms with E-state index < -0.39 is 12.7 Å². The van der Waals surface area contributed by atoms with Crippen LogP contribution in [0.25, 0.3) is 16.6 Å². The first-order chi connectivity index (χ1) is 21.9. The Kier molecular flexibility index (Phi) is 9.73. The van der Waals surface area contributed by atoms with Crippen molar-refractivity contribution in [2.24, 2.45) is 0 Å². The number of anilines is 1. The van der Waals surface area contributed by atoms with E-state index in [1.807, 2.05) is 63.3 Å². The van der Waals surface area contributed by atoms with Crippen molar-refractivity contribution in [2.75, 3.05) is 52.3 Å². The van der Waals surface area contributed by atoms with Gasteiger partial charge >= 0.3 is 0 Å². The van der Waals surface area contributed by atoms with Crippen LogP contribution in [0.4, 0.5) is 19.0 Å². The van der Waals surface area contributed by atoms with Crippen LogP contribution in [0.5, 0.6) is 5.75 Å². The molecule has 2 N–H and O–H groups in total. The van der Waals surface area contributed by atoms with Crippen LogP contribution in [0, 0.1) is 13.8 Å². The minimum absolute atomic E-state index is 0.0507. The summed E-state index contributed by atoms with van der Waals surface area (Å²) in [6, 6.07) is 9.13. The topological polar surface area (TPSA) is 98.2 Å². The van der Waals surface area contributed by atoms with Crippen LogP contribution in [0.2, 0.25) is 0 Å². The molecule has 0 saturated carbocycles. The summed E-state index contributed by atoms with van der Waals surface area (Å²) in [5.41, 5.74) is 5.12. The molecule has 0 aromatic carbocycles. The number of fused-ring (bicyclic) bond motifs is 1. The first kappa shape index (κ1) is 33.0. The Morgan fingerprint density at radius 3 is 2.43 bits per heavy atom. The van der Waals surface area contributed by atoms with Crippen molar-refractivity contribution in [2.45, 2.75) is 46.1 Å². The summed E-state index contributed by atoms with van der Waals surface area (Å²) >= 11 is 0. The van der Waals surface area contributed by atoms with Crippen molar-refractivity contribution in [3.8, 4) is 16.9 Å². The Labute approximate surface area is 265 Å². The minimum Gasteiger partial charge on any atom is -0.496 e. The van der Waals surface area contributed by atoms with E-state index in [0.717, 1.165) is 33.7 Å². The van der Waals surface area contributed by atoms with E-state index in [-0.39, 0.29) is 37.1 Å². The van der Waals surface area contributed by atoms with Gasteiger partial charge in [-0.1, -0.05) is 0 Å². The lowest BCUT2D eigenvalue weighted by molar-refractivity contribution is -0.0688. The number of methoxy groups -OCH3 is 1. The summed E-state index contributed by atoms with van der Waals surface area (Å²) in [6.45, 7) is 6.65. The monoisotopic (exact) mass is 639 g/mol. The number of hydrogen-bond acceptors (Lipinski definition) is 7. The second-order valence-electron chi connectivity index (χ2n) is 11.8. The molecular formula is C33H40F3N7O3. The second kappa shape index (κ2) is 13.6. The van der Waals surface area contributed by atoms with Crippen LogP contribution in [0.3, 0.4) is 0 Å². The van der Waals surface area contributed by atoms with Gasteiger partial charge in [0.15, 0.2) is 0 Å². The van der Waals surface area contributed by atoms with Gasteiger partial charge in [-0.2, -0.15) is 0 Å². The number of H-pyrrole nitrogens is 1. The van der Waals surface area contributed by atoms with Crippen LogP contribution >= 0.6 is 0 Å². The highest BCUT2D eigenvalue weighted by Crippen LogP contribution is 2.36. The number of aromatic amines is 1. The van der Waals surface area contributed by atoms with Gasteiger partial charge in [0.1, 0.15) is 11.6 Å². The quantitative estimate of drug-likeness (QED) is 0.246. The molecular weight excluding hydrogens is 599 g/mol. The first-order valence-electron chi connectivity index (χ1n) is 15.2. The van der Waals surface area contributed by atoms with E-state index in [0.29, 0.717) is 35.7 Å².